The second kappa shape index (κ2) is 6.05. The lowest BCUT2D eigenvalue weighted by Crippen LogP contribution is -2.50. The van der Waals surface area contributed by atoms with E-state index >= 15 is 0 Å². The van der Waals surface area contributed by atoms with Crippen molar-refractivity contribution in [2.75, 3.05) is 20.8 Å². The van der Waals surface area contributed by atoms with Crippen molar-refractivity contribution in [2.45, 2.75) is 18.4 Å². The zero-order valence-electron chi connectivity index (χ0n) is 12.2. The molecule has 0 saturated heterocycles. The van der Waals surface area contributed by atoms with Crippen molar-refractivity contribution in [3.05, 3.63) is 26.8 Å². The Bertz CT molecular complexity index is 587. The first kappa shape index (κ1) is 15.8. The van der Waals surface area contributed by atoms with Crippen LogP contribution >= 0.6 is 15.9 Å². The van der Waals surface area contributed by atoms with E-state index < -0.39 is 5.60 Å². The number of aromatic nitrogens is 2. The average molecular weight is 357 g/mol. The molecule has 114 valence electrons. The summed E-state index contributed by atoms with van der Waals surface area (Å²) in [6.07, 6.45) is 1.11. The number of halogens is 1. The van der Waals surface area contributed by atoms with Gasteiger partial charge in [0.15, 0.2) is 0 Å². The monoisotopic (exact) mass is 356 g/mol. The molecule has 1 amide bonds. The van der Waals surface area contributed by atoms with Gasteiger partial charge in [-0.1, -0.05) is 5.11 Å². The lowest BCUT2D eigenvalue weighted by molar-refractivity contribution is -0.165. The van der Waals surface area contributed by atoms with Crippen molar-refractivity contribution < 1.29 is 9.53 Å². The molecule has 0 aliphatic heterocycles. The highest BCUT2D eigenvalue weighted by Crippen LogP contribution is 2.49. The van der Waals surface area contributed by atoms with Gasteiger partial charge in [0.2, 0.25) is 5.91 Å². The molecular formula is C12H17BrN6O2. The van der Waals surface area contributed by atoms with E-state index in [2.05, 4.69) is 31.1 Å². The third-order valence-electron chi connectivity index (χ3n) is 3.72. The van der Waals surface area contributed by atoms with E-state index in [0.717, 1.165) is 5.69 Å². The molecule has 1 heterocycles. The number of hydrogen-bond donors (Lipinski definition) is 0. The first-order valence-corrected chi connectivity index (χ1v) is 7.25. The summed E-state index contributed by atoms with van der Waals surface area (Å²) in [5.41, 5.74) is 8.63. The lowest BCUT2D eigenvalue weighted by Gasteiger charge is -2.46. The molecule has 9 heteroatoms. The quantitative estimate of drug-likeness (QED) is 0.459. The van der Waals surface area contributed by atoms with Crippen LogP contribution in [0.4, 0.5) is 0 Å². The molecule has 0 bridgehead atoms. The fraction of sp³-hybridized carbons (Fsp3) is 0.667. The Morgan fingerprint density at radius 2 is 2.38 bits per heavy atom. The highest BCUT2D eigenvalue weighted by atomic mass is 79.9. The van der Waals surface area contributed by atoms with Crippen molar-refractivity contribution in [2.24, 2.45) is 18.1 Å². The van der Waals surface area contributed by atoms with Crippen molar-refractivity contribution in [1.82, 2.24) is 14.7 Å². The van der Waals surface area contributed by atoms with Gasteiger partial charge in [0, 0.05) is 32.0 Å². The van der Waals surface area contributed by atoms with Gasteiger partial charge in [-0.15, -0.1) is 0 Å². The molecule has 1 aromatic heterocycles. The van der Waals surface area contributed by atoms with Gasteiger partial charge >= 0.3 is 0 Å². The number of nitrogens with zero attached hydrogens (tertiary/aromatic N) is 6. The number of carbonyl (C=O) groups is 1. The fourth-order valence-corrected chi connectivity index (χ4v) is 3.17. The minimum atomic E-state index is -0.627. The minimum Gasteiger partial charge on any atom is -0.363 e. The first-order valence-electron chi connectivity index (χ1n) is 6.45. The summed E-state index contributed by atoms with van der Waals surface area (Å²) < 4.78 is 8.20. The molecule has 1 fully saturated rings. The molecule has 8 nitrogen and oxygen atoms in total. The van der Waals surface area contributed by atoms with E-state index in [-0.39, 0.29) is 18.6 Å². The molecule has 1 aliphatic carbocycles. The van der Waals surface area contributed by atoms with Crippen LogP contribution < -0.4 is 0 Å². The van der Waals surface area contributed by atoms with E-state index in [1.54, 1.807) is 23.7 Å². The molecule has 0 spiro atoms. The summed E-state index contributed by atoms with van der Waals surface area (Å²) in [5, 5.41) is 7.67. The van der Waals surface area contributed by atoms with Gasteiger partial charge in [-0.25, -0.2) is 0 Å². The van der Waals surface area contributed by atoms with Gasteiger partial charge in [-0.2, -0.15) is 5.10 Å². The van der Waals surface area contributed by atoms with Crippen molar-refractivity contribution in [3.8, 4) is 0 Å². The van der Waals surface area contributed by atoms with Gasteiger partial charge in [0.25, 0.3) is 0 Å². The van der Waals surface area contributed by atoms with Crippen LogP contribution in [0.5, 0.6) is 0 Å². The molecule has 1 aromatic rings. The fourth-order valence-electron chi connectivity index (χ4n) is 2.71. The second-order valence-electron chi connectivity index (χ2n) is 5.31. The van der Waals surface area contributed by atoms with Gasteiger partial charge in [0.1, 0.15) is 16.9 Å². The minimum absolute atomic E-state index is 0.0673. The van der Waals surface area contributed by atoms with Crippen LogP contribution in [0.15, 0.2) is 15.8 Å². The van der Waals surface area contributed by atoms with Crippen LogP contribution in [0.3, 0.4) is 0 Å². The van der Waals surface area contributed by atoms with Crippen LogP contribution in [0, 0.1) is 5.92 Å². The van der Waals surface area contributed by atoms with Crippen molar-refractivity contribution in [1.29, 1.82) is 0 Å². The molecule has 0 N–H and O–H groups in total. The third-order valence-corrected chi connectivity index (χ3v) is 4.11. The number of amides is 1. The SMILES string of the molecule is CN(C)C(=O)[C@H]1C[C@](OCN=[N+]=[N-])(c2cc(Br)nn2C)C1. The maximum absolute atomic E-state index is 12.0. The van der Waals surface area contributed by atoms with Crippen LogP contribution in [-0.4, -0.2) is 41.4 Å². The van der Waals surface area contributed by atoms with E-state index in [4.69, 9.17) is 10.3 Å². The van der Waals surface area contributed by atoms with E-state index in [1.807, 2.05) is 13.1 Å². The largest absolute Gasteiger partial charge is 0.363 e. The average Bonchev–Trinajstić information content (AvgIpc) is 2.71. The number of ether oxygens (including phenoxy) is 1. The number of aryl methyl sites for hydroxylation is 1. The Hall–Kier alpha value is -1.57. The summed E-state index contributed by atoms with van der Waals surface area (Å²) in [4.78, 5) is 16.3. The Morgan fingerprint density at radius 3 is 2.86 bits per heavy atom. The Kier molecular flexibility index (Phi) is 4.55. The standard InChI is InChI=1S/C12H17BrN6O2/c1-18(2)11(20)8-5-12(6-8,21-7-15-17-14)9-4-10(13)16-19(9)3/h4,8H,5-7H2,1-3H3/t8-,12+. The van der Waals surface area contributed by atoms with E-state index in [0.29, 0.717) is 17.4 Å². The normalized spacial score (nSPS) is 24.1. The predicted octanol–water partition coefficient (Wildman–Crippen LogP) is 2.16. The summed E-state index contributed by atoms with van der Waals surface area (Å²) in [7, 11) is 5.30. The number of hydrogen-bond acceptors (Lipinski definition) is 4. The first-order chi connectivity index (χ1) is 9.89. The smallest absolute Gasteiger partial charge is 0.225 e. The van der Waals surface area contributed by atoms with Crippen LogP contribution in [0.1, 0.15) is 18.5 Å². The van der Waals surface area contributed by atoms with Crippen LogP contribution in [0.25, 0.3) is 10.4 Å². The zero-order chi connectivity index (χ0) is 15.6. The molecule has 0 unspecified atom stereocenters. The third kappa shape index (κ3) is 3.04. The maximum atomic E-state index is 12.0. The number of azide groups is 1. The number of rotatable bonds is 5. The molecule has 1 saturated carbocycles. The molecule has 21 heavy (non-hydrogen) atoms. The molecule has 0 atom stereocenters. The second-order valence-corrected chi connectivity index (χ2v) is 6.12. The highest BCUT2D eigenvalue weighted by Gasteiger charge is 2.51. The maximum Gasteiger partial charge on any atom is 0.225 e. The van der Waals surface area contributed by atoms with Gasteiger partial charge in [0.05, 0.1) is 5.69 Å². The van der Waals surface area contributed by atoms with Crippen molar-refractivity contribution in [3.63, 3.8) is 0 Å². The van der Waals surface area contributed by atoms with E-state index in [9.17, 15) is 4.79 Å². The summed E-state index contributed by atoms with van der Waals surface area (Å²) in [6.45, 7) is -0.0673. The Morgan fingerprint density at radius 1 is 1.71 bits per heavy atom. The molecular weight excluding hydrogens is 340 g/mol. The molecule has 0 radical (unpaired) electrons. The molecule has 0 aromatic carbocycles. The summed E-state index contributed by atoms with van der Waals surface area (Å²) in [6, 6.07) is 1.87. The lowest BCUT2D eigenvalue weighted by atomic mass is 9.68. The van der Waals surface area contributed by atoms with Crippen LogP contribution in [0.2, 0.25) is 0 Å². The van der Waals surface area contributed by atoms with Crippen LogP contribution in [-0.2, 0) is 22.2 Å². The topological polar surface area (TPSA) is 96.1 Å². The summed E-state index contributed by atoms with van der Waals surface area (Å²) in [5.74, 6) is -0.000940. The molecule has 2 rings (SSSR count). The summed E-state index contributed by atoms with van der Waals surface area (Å²) >= 11 is 3.33. The Balaban J connectivity index is 2.21. The van der Waals surface area contributed by atoms with Gasteiger partial charge < -0.3 is 9.64 Å². The Labute approximate surface area is 130 Å². The van der Waals surface area contributed by atoms with Gasteiger partial charge in [-0.05, 0) is 40.4 Å². The van der Waals surface area contributed by atoms with Crippen molar-refractivity contribution >= 4 is 21.8 Å². The molecule has 1 aliphatic rings. The van der Waals surface area contributed by atoms with E-state index in [1.165, 1.54) is 0 Å². The zero-order valence-corrected chi connectivity index (χ0v) is 13.7. The highest BCUT2D eigenvalue weighted by molar-refractivity contribution is 9.10. The number of carbonyl (C=O) groups excluding carboxylic acids is 1. The van der Waals surface area contributed by atoms with Gasteiger partial charge in [-0.3, -0.25) is 9.48 Å². The predicted molar refractivity (Wildman–Crippen MR) is 79.1 cm³/mol.